The van der Waals surface area contributed by atoms with E-state index in [1.54, 1.807) is 43.0 Å². The molecule has 1 aliphatic heterocycles. The molecule has 2 aromatic carbocycles. The SMILES string of the molecule is CN(C)CCOC(=O)Nc1cc(N2C(=S)N(c3ccc(C#N)c(Cl)c3)C(=O)C2(C)C)ccc1Cl. The molecule has 11 heteroatoms. The van der Waals surface area contributed by atoms with E-state index in [4.69, 9.17) is 45.4 Å². The highest BCUT2D eigenvalue weighted by molar-refractivity contribution is 7.81. The summed E-state index contributed by atoms with van der Waals surface area (Å²) in [7, 11) is 3.75. The number of anilines is 3. The van der Waals surface area contributed by atoms with Crippen molar-refractivity contribution in [1.82, 2.24) is 4.90 Å². The van der Waals surface area contributed by atoms with Crippen LogP contribution in [0.4, 0.5) is 21.9 Å². The van der Waals surface area contributed by atoms with E-state index in [0.717, 1.165) is 0 Å². The zero-order valence-electron chi connectivity index (χ0n) is 19.1. The number of amides is 2. The first-order chi connectivity index (χ1) is 16.0. The quantitative estimate of drug-likeness (QED) is 0.543. The number of carbonyl (C=O) groups is 2. The lowest BCUT2D eigenvalue weighted by atomic mass is 10.0. The molecule has 0 aromatic heterocycles. The zero-order chi connectivity index (χ0) is 25.2. The molecule has 1 saturated heterocycles. The number of hydrogen-bond acceptors (Lipinski definition) is 6. The monoisotopic (exact) mass is 519 g/mol. The molecule has 0 radical (unpaired) electrons. The lowest BCUT2D eigenvalue weighted by molar-refractivity contribution is -0.120. The maximum Gasteiger partial charge on any atom is 0.411 e. The Bertz CT molecular complexity index is 1200. The van der Waals surface area contributed by atoms with Gasteiger partial charge >= 0.3 is 6.09 Å². The van der Waals surface area contributed by atoms with Gasteiger partial charge in [-0.25, -0.2) is 4.79 Å². The number of nitrogens with zero attached hydrogens (tertiary/aromatic N) is 4. The second kappa shape index (κ2) is 10.2. The molecule has 0 atom stereocenters. The molecule has 2 aromatic rings. The van der Waals surface area contributed by atoms with Gasteiger partial charge in [-0.05, 0) is 76.6 Å². The van der Waals surface area contributed by atoms with Gasteiger partial charge in [0.25, 0.3) is 5.91 Å². The van der Waals surface area contributed by atoms with E-state index in [0.29, 0.717) is 34.2 Å². The van der Waals surface area contributed by atoms with E-state index in [9.17, 15) is 9.59 Å². The molecule has 3 rings (SSSR count). The summed E-state index contributed by atoms with van der Waals surface area (Å²) in [4.78, 5) is 30.5. The average Bonchev–Trinajstić information content (AvgIpc) is 2.93. The van der Waals surface area contributed by atoms with Gasteiger partial charge in [-0.1, -0.05) is 23.2 Å². The Balaban J connectivity index is 1.90. The summed E-state index contributed by atoms with van der Waals surface area (Å²) in [6.45, 7) is 4.28. The van der Waals surface area contributed by atoms with Crippen molar-refractivity contribution in [3.8, 4) is 6.07 Å². The minimum atomic E-state index is -1.05. The number of likely N-dealkylation sites (N-methyl/N-ethyl adjacent to an activating group) is 1. The van der Waals surface area contributed by atoms with Crippen LogP contribution in [0.25, 0.3) is 0 Å². The van der Waals surface area contributed by atoms with E-state index >= 15 is 0 Å². The van der Waals surface area contributed by atoms with Gasteiger partial charge in [0.15, 0.2) is 5.11 Å². The summed E-state index contributed by atoms with van der Waals surface area (Å²) in [6, 6.07) is 11.6. The molecule has 8 nitrogen and oxygen atoms in total. The molecule has 1 N–H and O–H groups in total. The van der Waals surface area contributed by atoms with E-state index < -0.39 is 11.6 Å². The number of hydrogen-bond donors (Lipinski definition) is 1. The van der Waals surface area contributed by atoms with E-state index in [-0.39, 0.29) is 22.6 Å². The predicted molar refractivity (Wildman–Crippen MR) is 138 cm³/mol. The molecule has 1 heterocycles. The Hall–Kier alpha value is -2.90. The Morgan fingerprint density at radius 2 is 1.85 bits per heavy atom. The van der Waals surface area contributed by atoms with Gasteiger partial charge < -0.3 is 14.5 Å². The highest BCUT2D eigenvalue weighted by Gasteiger charge is 2.50. The number of ether oxygens (including phenoxy) is 1. The lowest BCUT2D eigenvalue weighted by Gasteiger charge is -2.30. The first-order valence-electron chi connectivity index (χ1n) is 10.2. The van der Waals surface area contributed by atoms with Gasteiger partial charge in [0, 0.05) is 12.2 Å². The minimum Gasteiger partial charge on any atom is -0.448 e. The van der Waals surface area contributed by atoms with E-state index in [2.05, 4.69) is 5.32 Å². The van der Waals surface area contributed by atoms with Crippen LogP contribution in [0.5, 0.6) is 0 Å². The summed E-state index contributed by atoms with van der Waals surface area (Å²) in [5.74, 6) is -0.272. The number of rotatable bonds is 6. The van der Waals surface area contributed by atoms with Crippen LogP contribution in [0.1, 0.15) is 19.4 Å². The van der Waals surface area contributed by atoms with Crippen molar-refractivity contribution in [3.63, 3.8) is 0 Å². The maximum atomic E-state index is 13.4. The van der Waals surface area contributed by atoms with Crippen molar-refractivity contribution in [2.75, 3.05) is 42.4 Å². The highest BCUT2D eigenvalue weighted by Crippen LogP contribution is 2.39. The van der Waals surface area contributed by atoms with Gasteiger partial charge in [-0.2, -0.15) is 5.26 Å². The van der Waals surface area contributed by atoms with Gasteiger partial charge in [0.05, 0.1) is 27.0 Å². The van der Waals surface area contributed by atoms with Crippen LogP contribution in [-0.4, -0.2) is 54.8 Å². The first-order valence-corrected chi connectivity index (χ1v) is 11.4. The molecule has 2 amide bonds. The van der Waals surface area contributed by atoms with Crippen LogP contribution in [0.2, 0.25) is 10.0 Å². The molecule has 0 bridgehead atoms. The third kappa shape index (κ3) is 5.10. The van der Waals surface area contributed by atoms with Gasteiger partial charge in [-0.15, -0.1) is 0 Å². The van der Waals surface area contributed by atoms with Crippen LogP contribution in [-0.2, 0) is 9.53 Å². The smallest absolute Gasteiger partial charge is 0.411 e. The normalized spacial score (nSPS) is 15.0. The zero-order valence-corrected chi connectivity index (χ0v) is 21.4. The largest absolute Gasteiger partial charge is 0.448 e. The molecular formula is C23H23Cl2N5O3S. The Kier molecular flexibility index (Phi) is 7.68. The molecule has 0 aliphatic carbocycles. The van der Waals surface area contributed by atoms with Crippen LogP contribution < -0.4 is 15.1 Å². The van der Waals surface area contributed by atoms with E-state index in [1.165, 1.54) is 17.0 Å². The van der Waals surface area contributed by atoms with Crippen molar-refractivity contribution < 1.29 is 14.3 Å². The fourth-order valence-electron chi connectivity index (χ4n) is 3.40. The molecule has 178 valence electrons. The summed E-state index contributed by atoms with van der Waals surface area (Å²) in [5.41, 5.74) is 0.573. The van der Waals surface area contributed by atoms with Crippen LogP contribution in [0.15, 0.2) is 36.4 Å². The first kappa shape index (κ1) is 25.7. The number of nitriles is 1. The summed E-state index contributed by atoms with van der Waals surface area (Å²) in [5, 5.41) is 12.5. The van der Waals surface area contributed by atoms with Crippen LogP contribution >= 0.6 is 35.4 Å². The van der Waals surface area contributed by atoms with Crippen molar-refractivity contribution >= 4 is 69.6 Å². The fraction of sp³-hybridized carbons (Fsp3) is 0.304. The minimum absolute atomic E-state index is 0.218. The third-order valence-electron chi connectivity index (χ3n) is 5.22. The van der Waals surface area contributed by atoms with Crippen molar-refractivity contribution in [2.24, 2.45) is 0 Å². The standard InChI is InChI=1S/C23H23Cl2N5O3S/c1-23(2)20(31)29(15-6-5-14(13-26)18(25)11-15)22(34)30(23)16-7-8-17(24)19(12-16)27-21(32)33-10-9-28(3)4/h5-8,11-12H,9-10H2,1-4H3,(H,27,32). The molecule has 0 saturated carbocycles. The topological polar surface area (TPSA) is 88.9 Å². The van der Waals surface area contributed by atoms with Crippen molar-refractivity contribution in [3.05, 3.63) is 52.0 Å². The molecule has 1 fully saturated rings. The Labute approximate surface area is 213 Å². The van der Waals surface area contributed by atoms with E-state index in [1.807, 2.05) is 25.1 Å². The molecular weight excluding hydrogens is 497 g/mol. The molecule has 0 spiro atoms. The second-order valence-electron chi connectivity index (χ2n) is 8.32. The predicted octanol–water partition coefficient (Wildman–Crippen LogP) is 4.89. The lowest BCUT2D eigenvalue weighted by Crippen LogP contribution is -2.44. The van der Waals surface area contributed by atoms with Crippen molar-refractivity contribution in [2.45, 2.75) is 19.4 Å². The molecule has 34 heavy (non-hydrogen) atoms. The maximum absolute atomic E-state index is 13.4. The highest BCUT2D eigenvalue weighted by atomic mass is 35.5. The average molecular weight is 520 g/mol. The second-order valence-corrected chi connectivity index (χ2v) is 9.50. The Morgan fingerprint density at radius 1 is 1.18 bits per heavy atom. The molecule has 1 aliphatic rings. The number of carbonyl (C=O) groups excluding carboxylic acids is 2. The number of halogens is 2. The summed E-state index contributed by atoms with van der Waals surface area (Å²) < 4.78 is 5.17. The van der Waals surface area contributed by atoms with Crippen LogP contribution in [0.3, 0.4) is 0 Å². The summed E-state index contributed by atoms with van der Waals surface area (Å²) in [6.07, 6.45) is -0.644. The number of nitrogens with one attached hydrogen (secondary N) is 1. The molecule has 0 unspecified atom stereocenters. The third-order valence-corrected chi connectivity index (χ3v) is 6.22. The van der Waals surface area contributed by atoms with Crippen LogP contribution in [0, 0.1) is 11.3 Å². The summed E-state index contributed by atoms with van der Waals surface area (Å²) >= 11 is 18.1. The van der Waals surface area contributed by atoms with Gasteiger partial charge in [0.2, 0.25) is 0 Å². The number of thiocarbonyl (C=S) groups is 1. The number of benzene rings is 2. The van der Waals surface area contributed by atoms with Gasteiger partial charge in [0.1, 0.15) is 18.2 Å². The fourth-order valence-corrected chi connectivity index (χ4v) is 4.31. The van der Waals surface area contributed by atoms with Gasteiger partial charge in [-0.3, -0.25) is 15.0 Å². The Morgan fingerprint density at radius 3 is 2.47 bits per heavy atom. The van der Waals surface area contributed by atoms with Crippen molar-refractivity contribution in [1.29, 1.82) is 5.26 Å².